The van der Waals surface area contributed by atoms with Crippen LogP contribution in [0, 0.1) is 0 Å². The molecule has 3 aromatic rings. The fourth-order valence-corrected chi connectivity index (χ4v) is 4.37. The van der Waals surface area contributed by atoms with Gasteiger partial charge in [-0.1, -0.05) is 67.6 Å². The van der Waals surface area contributed by atoms with Crippen molar-refractivity contribution in [1.29, 1.82) is 0 Å². The van der Waals surface area contributed by atoms with Crippen LogP contribution >= 0.6 is 0 Å². The molecule has 0 bridgehead atoms. The molecule has 1 heterocycles. The molecule has 5 heteroatoms. The molecule has 2 N–H and O–H groups in total. The molecular weight excluding hydrogens is 398 g/mol. The number of nitrogen functional groups attached to an aromatic ring is 1. The Kier molecular flexibility index (Phi) is 7.07. The summed E-state index contributed by atoms with van der Waals surface area (Å²) in [6.07, 6.45) is 0.794. The van der Waals surface area contributed by atoms with Crippen LogP contribution in [-0.2, 0) is 4.74 Å². The van der Waals surface area contributed by atoms with Crippen LogP contribution in [0.4, 0.5) is 11.4 Å². The zero-order chi connectivity index (χ0) is 22.3. The second kappa shape index (κ2) is 10.3. The Morgan fingerprint density at radius 2 is 1.50 bits per heavy atom. The number of hydrogen-bond acceptors (Lipinski definition) is 5. The summed E-state index contributed by atoms with van der Waals surface area (Å²) < 4.78 is 5.41. The molecule has 0 radical (unpaired) electrons. The second-order valence-electron chi connectivity index (χ2n) is 8.16. The molecule has 166 valence electrons. The smallest absolute Gasteiger partial charge is 0.340 e. The Labute approximate surface area is 190 Å². The first-order valence-electron chi connectivity index (χ1n) is 11.3. The van der Waals surface area contributed by atoms with Crippen molar-refractivity contribution in [1.82, 2.24) is 4.90 Å². The van der Waals surface area contributed by atoms with E-state index in [4.69, 9.17) is 10.5 Å². The molecule has 0 spiro atoms. The lowest BCUT2D eigenvalue weighted by molar-refractivity contribution is 0.0505. The fraction of sp³-hybridized carbons (Fsp3) is 0.296. The van der Waals surface area contributed by atoms with Gasteiger partial charge in [-0.3, -0.25) is 4.90 Å². The second-order valence-corrected chi connectivity index (χ2v) is 8.16. The quantitative estimate of drug-likeness (QED) is 0.434. The number of benzene rings is 3. The lowest BCUT2D eigenvalue weighted by Crippen LogP contribution is -2.48. The third kappa shape index (κ3) is 4.94. The maximum Gasteiger partial charge on any atom is 0.340 e. The molecule has 4 rings (SSSR count). The number of carbonyl (C=O) groups excluding carboxylic acids is 1. The van der Waals surface area contributed by atoms with Gasteiger partial charge in [0.05, 0.1) is 23.9 Å². The van der Waals surface area contributed by atoms with E-state index < -0.39 is 0 Å². The van der Waals surface area contributed by atoms with Crippen molar-refractivity contribution in [2.75, 3.05) is 43.4 Å². The number of anilines is 2. The van der Waals surface area contributed by atoms with Gasteiger partial charge in [0.1, 0.15) is 0 Å². The van der Waals surface area contributed by atoms with E-state index in [1.165, 1.54) is 11.1 Å². The zero-order valence-electron chi connectivity index (χ0n) is 18.6. The summed E-state index contributed by atoms with van der Waals surface area (Å²) in [7, 11) is 0. The molecular formula is C27H31N3O2. The lowest BCUT2D eigenvalue weighted by Gasteiger charge is -2.41. The van der Waals surface area contributed by atoms with Crippen molar-refractivity contribution in [3.63, 3.8) is 0 Å². The minimum absolute atomic E-state index is 0.208. The third-order valence-corrected chi connectivity index (χ3v) is 5.93. The van der Waals surface area contributed by atoms with Crippen molar-refractivity contribution >= 4 is 17.3 Å². The summed E-state index contributed by atoms with van der Waals surface area (Å²) in [5.41, 5.74) is 10.6. The molecule has 0 saturated carbocycles. The fourth-order valence-electron chi connectivity index (χ4n) is 4.37. The van der Waals surface area contributed by atoms with Crippen LogP contribution in [-0.4, -0.2) is 43.7 Å². The van der Waals surface area contributed by atoms with E-state index in [9.17, 15) is 4.79 Å². The minimum Gasteiger partial charge on any atom is -0.462 e. The van der Waals surface area contributed by atoms with Gasteiger partial charge in [0, 0.05) is 31.9 Å². The van der Waals surface area contributed by atoms with Gasteiger partial charge in [-0.25, -0.2) is 4.79 Å². The zero-order valence-corrected chi connectivity index (χ0v) is 18.6. The first-order chi connectivity index (χ1) is 15.7. The molecule has 0 aliphatic carbocycles. The van der Waals surface area contributed by atoms with E-state index in [-0.39, 0.29) is 12.0 Å². The lowest BCUT2D eigenvalue weighted by atomic mass is 9.96. The maximum atomic E-state index is 12.6. The SMILES string of the molecule is CCCOC(=O)c1cc(N)ccc1N1CCN(C(c2ccccc2)c2ccccc2)CC1. The van der Waals surface area contributed by atoms with Crippen LogP contribution in [0.3, 0.4) is 0 Å². The summed E-state index contributed by atoms with van der Waals surface area (Å²) in [6, 6.07) is 27.1. The minimum atomic E-state index is -0.303. The third-order valence-electron chi connectivity index (χ3n) is 5.93. The number of nitrogens with zero attached hydrogens (tertiary/aromatic N) is 2. The topological polar surface area (TPSA) is 58.8 Å². The average molecular weight is 430 g/mol. The van der Waals surface area contributed by atoms with Gasteiger partial charge >= 0.3 is 5.97 Å². The highest BCUT2D eigenvalue weighted by Crippen LogP contribution is 2.31. The van der Waals surface area contributed by atoms with Crippen LogP contribution in [0.2, 0.25) is 0 Å². The van der Waals surface area contributed by atoms with E-state index in [1.807, 2.05) is 19.1 Å². The Bertz CT molecular complexity index is 976. The van der Waals surface area contributed by atoms with E-state index in [0.29, 0.717) is 17.9 Å². The molecule has 3 aromatic carbocycles. The first-order valence-corrected chi connectivity index (χ1v) is 11.3. The predicted molar refractivity (Wildman–Crippen MR) is 130 cm³/mol. The number of ether oxygens (including phenoxy) is 1. The molecule has 1 aliphatic heterocycles. The number of rotatable bonds is 7. The average Bonchev–Trinajstić information content (AvgIpc) is 2.84. The predicted octanol–water partition coefficient (Wildman–Crippen LogP) is 4.75. The van der Waals surface area contributed by atoms with Crippen LogP contribution in [0.25, 0.3) is 0 Å². The number of esters is 1. The number of carbonyl (C=O) groups is 1. The first kappa shape index (κ1) is 21.9. The highest BCUT2D eigenvalue weighted by atomic mass is 16.5. The van der Waals surface area contributed by atoms with E-state index >= 15 is 0 Å². The van der Waals surface area contributed by atoms with Crippen molar-refractivity contribution in [3.05, 3.63) is 95.6 Å². The van der Waals surface area contributed by atoms with Crippen molar-refractivity contribution in [3.8, 4) is 0 Å². The largest absolute Gasteiger partial charge is 0.462 e. The Morgan fingerprint density at radius 1 is 0.906 bits per heavy atom. The van der Waals surface area contributed by atoms with E-state index in [1.54, 1.807) is 6.07 Å². The van der Waals surface area contributed by atoms with Crippen LogP contribution in [0.15, 0.2) is 78.9 Å². The van der Waals surface area contributed by atoms with Crippen molar-refractivity contribution in [2.24, 2.45) is 0 Å². The van der Waals surface area contributed by atoms with Gasteiger partial charge in [-0.2, -0.15) is 0 Å². The summed E-state index contributed by atoms with van der Waals surface area (Å²) in [5.74, 6) is -0.303. The summed E-state index contributed by atoms with van der Waals surface area (Å²) in [4.78, 5) is 17.4. The Balaban J connectivity index is 1.54. The molecule has 5 nitrogen and oxygen atoms in total. The van der Waals surface area contributed by atoms with Crippen LogP contribution in [0.5, 0.6) is 0 Å². The van der Waals surface area contributed by atoms with Gasteiger partial charge in [0.2, 0.25) is 0 Å². The van der Waals surface area contributed by atoms with Gasteiger partial charge in [0.15, 0.2) is 0 Å². The van der Waals surface area contributed by atoms with Crippen LogP contribution < -0.4 is 10.6 Å². The summed E-state index contributed by atoms with van der Waals surface area (Å²) >= 11 is 0. The Hall–Kier alpha value is -3.31. The summed E-state index contributed by atoms with van der Waals surface area (Å²) in [6.45, 7) is 5.84. The van der Waals surface area contributed by atoms with Crippen molar-refractivity contribution < 1.29 is 9.53 Å². The number of piperazine rings is 1. The molecule has 1 saturated heterocycles. The molecule has 0 aromatic heterocycles. The monoisotopic (exact) mass is 429 g/mol. The van der Waals surface area contributed by atoms with Crippen molar-refractivity contribution in [2.45, 2.75) is 19.4 Å². The van der Waals surface area contributed by atoms with E-state index in [0.717, 1.165) is 38.3 Å². The maximum absolute atomic E-state index is 12.6. The molecule has 0 amide bonds. The van der Waals surface area contributed by atoms with Crippen LogP contribution in [0.1, 0.15) is 40.9 Å². The highest BCUT2D eigenvalue weighted by Gasteiger charge is 2.28. The normalized spacial score (nSPS) is 14.5. The number of nitrogens with two attached hydrogens (primary N) is 1. The number of hydrogen-bond donors (Lipinski definition) is 1. The van der Waals surface area contributed by atoms with E-state index in [2.05, 4.69) is 70.5 Å². The molecule has 0 unspecified atom stereocenters. The Morgan fingerprint density at radius 3 is 2.06 bits per heavy atom. The van der Waals surface area contributed by atoms with Gasteiger partial charge in [-0.15, -0.1) is 0 Å². The molecule has 0 atom stereocenters. The van der Waals surface area contributed by atoms with Gasteiger partial charge in [0.25, 0.3) is 0 Å². The van der Waals surface area contributed by atoms with Gasteiger partial charge in [-0.05, 0) is 35.7 Å². The highest BCUT2D eigenvalue weighted by molar-refractivity contribution is 5.97. The molecule has 1 aliphatic rings. The summed E-state index contributed by atoms with van der Waals surface area (Å²) in [5, 5.41) is 0. The molecule has 1 fully saturated rings. The standard InChI is InChI=1S/C27H31N3O2/c1-2-19-32-27(31)24-20-23(28)13-14-25(24)29-15-17-30(18-16-29)26(21-9-5-3-6-10-21)22-11-7-4-8-12-22/h3-14,20,26H,2,15-19,28H2,1H3. The van der Waals surface area contributed by atoms with Gasteiger partial charge < -0.3 is 15.4 Å². The molecule has 32 heavy (non-hydrogen) atoms.